The molecule has 2 aromatic heterocycles. The fraction of sp³-hybridized carbons (Fsp3) is 0.536. The number of aryl methyl sites for hydroxylation is 1. The minimum Gasteiger partial charge on any atom is -0.410 e. The second-order valence-corrected chi connectivity index (χ2v) is 11.1. The molecule has 2 amide bonds. The number of carbonyl (C=O) groups is 2. The summed E-state index contributed by atoms with van der Waals surface area (Å²) in [5.74, 6) is 1.33. The number of hydrogen-bond donors (Lipinski definition) is 4. The van der Waals surface area contributed by atoms with Gasteiger partial charge in [0, 0.05) is 25.6 Å². The number of aromatic nitrogens is 4. The molecule has 218 valence electrons. The Kier molecular flexibility index (Phi) is 7.73. The number of ether oxygens (including phenoxy) is 2. The zero-order valence-corrected chi connectivity index (χ0v) is 22.6. The Morgan fingerprint density at radius 3 is 2.56 bits per heavy atom. The molecule has 3 aromatic rings. The molecule has 2 aliphatic heterocycles. The van der Waals surface area contributed by atoms with Crippen LogP contribution < -0.4 is 15.8 Å². The molecule has 0 radical (unpaired) electrons. The number of benzene rings is 1. The van der Waals surface area contributed by atoms with E-state index >= 15 is 0 Å². The van der Waals surface area contributed by atoms with Gasteiger partial charge in [0.25, 0.3) is 5.91 Å². The number of nitrogen functional groups attached to an aromatic ring is 1. The van der Waals surface area contributed by atoms with Gasteiger partial charge in [-0.1, -0.05) is 18.2 Å². The molecule has 2 unspecified atom stereocenters. The van der Waals surface area contributed by atoms with Crippen molar-refractivity contribution < 1.29 is 29.3 Å². The molecule has 1 aliphatic carbocycles. The van der Waals surface area contributed by atoms with Crippen molar-refractivity contribution in [1.82, 2.24) is 29.7 Å². The van der Waals surface area contributed by atoms with Gasteiger partial charge in [-0.15, -0.1) is 0 Å². The van der Waals surface area contributed by atoms with Gasteiger partial charge >= 0.3 is 6.09 Å². The number of aliphatic hydroxyl groups excluding tert-OH is 2. The van der Waals surface area contributed by atoms with E-state index in [1.807, 2.05) is 18.2 Å². The van der Waals surface area contributed by atoms with Gasteiger partial charge in [-0.25, -0.2) is 19.7 Å². The second kappa shape index (κ2) is 11.6. The monoisotopic (exact) mass is 565 g/mol. The van der Waals surface area contributed by atoms with Gasteiger partial charge in [-0.05, 0) is 56.6 Å². The minimum atomic E-state index is -1.39. The third-order valence-electron chi connectivity index (χ3n) is 8.02. The summed E-state index contributed by atoms with van der Waals surface area (Å²) >= 11 is 0. The van der Waals surface area contributed by atoms with Crippen LogP contribution in [0.4, 0.5) is 10.6 Å². The maximum absolute atomic E-state index is 12.5. The molecule has 0 spiro atoms. The molecule has 3 aliphatic rings. The number of para-hydroxylation sites is 1. The predicted molar refractivity (Wildman–Crippen MR) is 147 cm³/mol. The van der Waals surface area contributed by atoms with Crippen molar-refractivity contribution in [3.63, 3.8) is 0 Å². The Balaban J connectivity index is 1.04. The first-order valence-electron chi connectivity index (χ1n) is 14.2. The van der Waals surface area contributed by atoms with Crippen molar-refractivity contribution in [2.24, 2.45) is 5.92 Å². The van der Waals surface area contributed by atoms with E-state index in [1.165, 1.54) is 10.9 Å². The first-order chi connectivity index (χ1) is 19.9. The third-order valence-corrected chi connectivity index (χ3v) is 8.02. The number of piperidine rings is 1. The first-order valence-corrected chi connectivity index (χ1v) is 14.2. The van der Waals surface area contributed by atoms with Crippen LogP contribution in [0.5, 0.6) is 5.75 Å². The quantitative estimate of drug-likeness (QED) is 0.313. The lowest BCUT2D eigenvalue weighted by atomic mass is 9.91. The molecule has 4 atom stereocenters. The van der Waals surface area contributed by atoms with Crippen LogP contribution in [0.15, 0.2) is 36.7 Å². The number of carbonyl (C=O) groups excluding carboxylic acids is 2. The summed E-state index contributed by atoms with van der Waals surface area (Å²) in [5.41, 5.74) is 6.92. The number of rotatable bonds is 8. The summed E-state index contributed by atoms with van der Waals surface area (Å²) in [6.45, 7) is 1.31. The van der Waals surface area contributed by atoms with Crippen molar-refractivity contribution in [3.8, 4) is 5.75 Å². The van der Waals surface area contributed by atoms with Crippen LogP contribution in [0.2, 0.25) is 0 Å². The van der Waals surface area contributed by atoms with Gasteiger partial charge in [0.15, 0.2) is 23.8 Å². The number of fused-ring (bicyclic) bond motifs is 1. The summed E-state index contributed by atoms with van der Waals surface area (Å²) < 4.78 is 12.8. The molecular formula is C28H35N7O6. The molecule has 2 saturated heterocycles. The second-order valence-electron chi connectivity index (χ2n) is 11.1. The van der Waals surface area contributed by atoms with E-state index in [0.29, 0.717) is 48.2 Å². The van der Waals surface area contributed by atoms with Crippen molar-refractivity contribution in [1.29, 1.82) is 0 Å². The highest BCUT2D eigenvalue weighted by atomic mass is 16.6. The smallest absolute Gasteiger partial charge is 0.410 e. The fourth-order valence-electron chi connectivity index (χ4n) is 5.51. The van der Waals surface area contributed by atoms with Gasteiger partial charge in [0.05, 0.1) is 6.33 Å². The summed E-state index contributed by atoms with van der Waals surface area (Å²) in [7, 11) is 0. The van der Waals surface area contributed by atoms with E-state index < -0.39 is 30.4 Å². The fourth-order valence-corrected chi connectivity index (χ4v) is 5.51. The van der Waals surface area contributed by atoms with E-state index in [9.17, 15) is 19.8 Å². The maximum Gasteiger partial charge on any atom is 0.415 e. The number of nitrogens with one attached hydrogen (secondary N) is 1. The van der Waals surface area contributed by atoms with Crippen LogP contribution in [0.25, 0.3) is 11.2 Å². The average molecular weight is 566 g/mol. The van der Waals surface area contributed by atoms with Crippen LogP contribution in [-0.2, 0) is 16.0 Å². The molecule has 1 aromatic carbocycles. The van der Waals surface area contributed by atoms with Gasteiger partial charge in [0.1, 0.15) is 29.3 Å². The lowest BCUT2D eigenvalue weighted by Crippen LogP contribution is -2.43. The van der Waals surface area contributed by atoms with E-state index in [4.69, 9.17) is 15.2 Å². The Morgan fingerprint density at radius 1 is 1.07 bits per heavy atom. The predicted octanol–water partition coefficient (Wildman–Crippen LogP) is 1.54. The lowest BCUT2D eigenvalue weighted by molar-refractivity contribution is -0.137. The van der Waals surface area contributed by atoms with Crippen LogP contribution in [0, 0.1) is 5.92 Å². The zero-order chi connectivity index (χ0) is 28.5. The van der Waals surface area contributed by atoms with E-state index in [1.54, 1.807) is 17.0 Å². The summed E-state index contributed by atoms with van der Waals surface area (Å²) in [4.78, 5) is 40.1. The van der Waals surface area contributed by atoms with Crippen molar-refractivity contribution >= 4 is 29.0 Å². The molecule has 41 heavy (non-hydrogen) atoms. The summed E-state index contributed by atoms with van der Waals surface area (Å²) in [6.07, 6.45) is 2.09. The molecular weight excluding hydrogens is 530 g/mol. The molecule has 5 N–H and O–H groups in total. The summed E-state index contributed by atoms with van der Waals surface area (Å²) in [5, 5.41) is 24.0. The average Bonchev–Trinajstić information content (AvgIpc) is 3.61. The number of aliphatic hydroxyl groups is 2. The van der Waals surface area contributed by atoms with Gasteiger partial charge < -0.3 is 35.6 Å². The highest BCUT2D eigenvalue weighted by molar-refractivity contribution is 5.83. The largest absolute Gasteiger partial charge is 0.415 e. The molecule has 1 saturated carbocycles. The van der Waals surface area contributed by atoms with Crippen LogP contribution in [-0.4, -0.2) is 84.1 Å². The molecule has 3 fully saturated rings. The topological polar surface area (TPSA) is 178 Å². The van der Waals surface area contributed by atoms with E-state index in [-0.39, 0.29) is 18.0 Å². The Hall–Kier alpha value is -3.81. The number of nitrogens with two attached hydrogens (primary N) is 1. The number of anilines is 1. The van der Waals surface area contributed by atoms with E-state index in [0.717, 1.165) is 38.5 Å². The third kappa shape index (κ3) is 5.97. The zero-order valence-electron chi connectivity index (χ0n) is 22.6. The normalized spacial score (nSPS) is 25.0. The Morgan fingerprint density at radius 2 is 1.83 bits per heavy atom. The number of likely N-dealkylation sites (tertiary alicyclic amines) is 1. The molecule has 13 nitrogen and oxygen atoms in total. The highest BCUT2D eigenvalue weighted by Crippen LogP contribution is 2.33. The molecule has 4 heterocycles. The summed E-state index contributed by atoms with van der Waals surface area (Å²) in [6, 6.07) is 9.17. The minimum absolute atomic E-state index is 0.0994. The Bertz CT molecular complexity index is 1390. The van der Waals surface area contributed by atoms with Crippen LogP contribution in [0.1, 0.15) is 50.6 Å². The van der Waals surface area contributed by atoms with Gasteiger partial charge in [-0.3, -0.25) is 9.36 Å². The van der Waals surface area contributed by atoms with Gasteiger partial charge in [-0.2, -0.15) is 0 Å². The standard InChI is InChI=1S/C28H35N7O6/c29-24-20-25(35(15-30-20)27-22(37)21(36)23(41-27)26(38)31-17-9-10-17)33-19(32-24)8-4-5-16-11-13-34(14-12-16)28(39)40-18-6-2-1-3-7-18/h1-3,6-7,15-17,21-23,27,36-37H,4-5,8-14H2,(H,31,38)(H2,29,32,33)/t21-,22+,23?,27?/m1/s1. The molecule has 6 rings (SSSR count). The van der Waals surface area contributed by atoms with Crippen LogP contribution >= 0.6 is 0 Å². The number of amides is 2. The maximum atomic E-state index is 12.5. The van der Waals surface area contributed by atoms with Crippen molar-refractivity contribution in [3.05, 3.63) is 42.5 Å². The SMILES string of the molecule is Nc1nc(CCCC2CCN(C(=O)Oc3ccccc3)CC2)nc2c1ncn2C1OC(C(=O)NC2CC2)[C@H](O)[C@@H]1O. The van der Waals surface area contributed by atoms with Crippen LogP contribution in [0.3, 0.4) is 0 Å². The number of imidazole rings is 1. The number of nitrogens with zero attached hydrogens (tertiary/aromatic N) is 5. The molecule has 13 heteroatoms. The Labute approximate surface area is 236 Å². The first kappa shape index (κ1) is 27.4. The van der Waals surface area contributed by atoms with E-state index in [2.05, 4.69) is 20.3 Å². The lowest BCUT2D eigenvalue weighted by Gasteiger charge is -2.31. The van der Waals surface area contributed by atoms with Crippen molar-refractivity contribution in [2.45, 2.75) is 75.5 Å². The van der Waals surface area contributed by atoms with Gasteiger partial charge in [0.2, 0.25) is 0 Å². The van der Waals surface area contributed by atoms with Crippen molar-refractivity contribution in [2.75, 3.05) is 18.8 Å². The number of hydrogen-bond acceptors (Lipinski definition) is 10. The molecule has 0 bridgehead atoms. The highest BCUT2D eigenvalue weighted by Gasteiger charge is 2.48.